The number of amides is 1. The number of hydrogen-bond acceptors (Lipinski definition) is 3. The molecule has 1 aromatic rings. The summed E-state index contributed by atoms with van der Waals surface area (Å²) in [6, 6.07) is 10.2. The van der Waals surface area contributed by atoms with Gasteiger partial charge in [-0.3, -0.25) is 9.69 Å². The van der Waals surface area contributed by atoms with E-state index in [0.717, 1.165) is 51.9 Å². The van der Waals surface area contributed by atoms with Crippen molar-refractivity contribution in [1.82, 2.24) is 9.80 Å². The lowest BCUT2D eigenvalue weighted by molar-refractivity contribution is -0.133. The topological polar surface area (TPSA) is 43.8 Å². The molecule has 0 atom stereocenters. The lowest BCUT2D eigenvalue weighted by Gasteiger charge is -2.38. The molecule has 2 aliphatic heterocycles. The van der Waals surface area contributed by atoms with Gasteiger partial charge >= 0.3 is 0 Å². The Morgan fingerprint density at radius 3 is 2.21 bits per heavy atom. The summed E-state index contributed by atoms with van der Waals surface area (Å²) in [5, 5.41) is 10.8. The first-order chi connectivity index (χ1) is 11.6. The van der Waals surface area contributed by atoms with Crippen LogP contribution in [0.3, 0.4) is 0 Å². The van der Waals surface area contributed by atoms with Crippen LogP contribution in [0.4, 0.5) is 0 Å². The van der Waals surface area contributed by atoms with Crippen LogP contribution in [0.1, 0.15) is 44.1 Å². The SMILES string of the molecule is O=C(CN1CCC(O)(Cc2ccccc2)CC1)N1CCCCCC1. The van der Waals surface area contributed by atoms with Gasteiger partial charge in [-0.05, 0) is 31.2 Å². The summed E-state index contributed by atoms with van der Waals surface area (Å²) in [4.78, 5) is 16.7. The Balaban J connectivity index is 1.46. The highest BCUT2D eigenvalue weighted by molar-refractivity contribution is 5.78. The highest BCUT2D eigenvalue weighted by Gasteiger charge is 2.33. The van der Waals surface area contributed by atoms with E-state index in [2.05, 4.69) is 17.0 Å². The molecule has 2 fully saturated rings. The number of benzene rings is 1. The maximum Gasteiger partial charge on any atom is 0.236 e. The first kappa shape index (κ1) is 17.4. The number of carbonyl (C=O) groups is 1. The predicted octanol–water partition coefficient (Wildman–Crippen LogP) is 2.46. The van der Waals surface area contributed by atoms with E-state index >= 15 is 0 Å². The minimum Gasteiger partial charge on any atom is -0.389 e. The van der Waals surface area contributed by atoms with Crippen LogP contribution >= 0.6 is 0 Å². The van der Waals surface area contributed by atoms with Gasteiger partial charge in [0.25, 0.3) is 0 Å². The molecule has 2 saturated heterocycles. The summed E-state index contributed by atoms with van der Waals surface area (Å²) in [5.41, 5.74) is 0.567. The monoisotopic (exact) mass is 330 g/mol. The number of piperidine rings is 1. The molecule has 3 rings (SSSR count). The van der Waals surface area contributed by atoms with Crippen LogP contribution in [-0.4, -0.2) is 59.1 Å². The van der Waals surface area contributed by atoms with Crippen LogP contribution in [0.5, 0.6) is 0 Å². The molecular weight excluding hydrogens is 300 g/mol. The van der Waals surface area contributed by atoms with Gasteiger partial charge in [0.15, 0.2) is 0 Å². The van der Waals surface area contributed by atoms with E-state index in [4.69, 9.17) is 0 Å². The number of hydrogen-bond donors (Lipinski definition) is 1. The zero-order valence-corrected chi connectivity index (χ0v) is 14.6. The Morgan fingerprint density at radius 1 is 0.958 bits per heavy atom. The second-order valence-corrected chi connectivity index (χ2v) is 7.46. The van der Waals surface area contributed by atoms with Crippen molar-refractivity contribution in [3.8, 4) is 0 Å². The van der Waals surface area contributed by atoms with Crippen LogP contribution in [0, 0.1) is 0 Å². The molecule has 0 bridgehead atoms. The molecule has 1 aromatic carbocycles. The zero-order valence-electron chi connectivity index (χ0n) is 14.6. The van der Waals surface area contributed by atoms with Crippen LogP contribution in [0.15, 0.2) is 30.3 Å². The quantitative estimate of drug-likeness (QED) is 0.922. The molecule has 0 aromatic heterocycles. The van der Waals surface area contributed by atoms with Crippen LogP contribution in [0.25, 0.3) is 0 Å². The van der Waals surface area contributed by atoms with E-state index in [0.29, 0.717) is 13.0 Å². The number of nitrogens with zero attached hydrogens (tertiary/aromatic N) is 2. The summed E-state index contributed by atoms with van der Waals surface area (Å²) in [5.74, 6) is 0.269. The highest BCUT2D eigenvalue weighted by Crippen LogP contribution is 2.26. The van der Waals surface area contributed by atoms with Gasteiger partial charge in [-0.25, -0.2) is 0 Å². The summed E-state index contributed by atoms with van der Waals surface area (Å²) >= 11 is 0. The third kappa shape index (κ3) is 4.81. The Labute approximate surface area is 145 Å². The van der Waals surface area contributed by atoms with Gasteiger partial charge in [0.2, 0.25) is 5.91 Å². The van der Waals surface area contributed by atoms with Gasteiger partial charge in [-0.2, -0.15) is 0 Å². The summed E-state index contributed by atoms with van der Waals surface area (Å²) in [6.07, 6.45) is 6.98. The van der Waals surface area contributed by atoms with Crippen molar-refractivity contribution < 1.29 is 9.90 Å². The summed E-state index contributed by atoms with van der Waals surface area (Å²) in [7, 11) is 0. The Morgan fingerprint density at radius 2 is 1.58 bits per heavy atom. The van der Waals surface area contributed by atoms with Crippen molar-refractivity contribution in [1.29, 1.82) is 0 Å². The van der Waals surface area contributed by atoms with E-state index in [1.54, 1.807) is 0 Å². The molecule has 132 valence electrons. The van der Waals surface area contributed by atoms with Gasteiger partial charge in [0.1, 0.15) is 0 Å². The number of carbonyl (C=O) groups excluding carboxylic acids is 1. The molecule has 4 heteroatoms. The molecule has 24 heavy (non-hydrogen) atoms. The molecule has 0 aliphatic carbocycles. The standard InChI is InChI=1S/C20H30N2O2/c23-19(22-12-6-1-2-7-13-22)17-21-14-10-20(24,11-15-21)16-18-8-4-3-5-9-18/h3-5,8-9,24H,1-2,6-7,10-17H2. The molecule has 0 unspecified atom stereocenters. The van der Waals surface area contributed by atoms with Gasteiger partial charge in [-0.15, -0.1) is 0 Å². The smallest absolute Gasteiger partial charge is 0.236 e. The van der Waals surface area contributed by atoms with Crippen LogP contribution < -0.4 is 0 Å². The average Bonchev–Trinajstić information content (AvgIpc) is 2.87. The van der Waals surface area contributed by atoms with Crippen LogP contribution in [0.2, 0.25) is 0 Å². The first-order valence-electron chi connectivity index (χ1n) is 9.41. The minimum absolute atomic E-state index is 0.269. The van der Waals surface area contributed by atoms with Gasteiger partial charge in [0, 0.05) is 32.6 Å². The second kappa shape index (κ2) is 8.13. The maximum atomic E-state index is 12.5. The Kier molecular flexibility index (Phi) is 5.90. The molecule has 2 heterocycles. The third-order valence-corrected chi connectivity index (χ3v) is 5.48. The summed E-state index contributed by atoms with van der Waals surface area (Å²) in [6.45, 7) is 3.97. The van der Waals surface area contributed by atoms with Gasteiger partial charge in [-0.1, -0.05) is 43.2 Å². The molecule has 2 aliphatic rings. The largest absolute Gasteiger partial charge is 0.389 e. The molecule has 0 radical (unpaired) electrons. The number of likely N-dealkylation sites (tertiary alicyclic amines) is 2. The molecule has 0 spiro atoms. The number of rotatable bonds is 4. The molecule has 0 saturated carbocycles. The van der Waals surface area contributed by atoms with E-state index < -0.39 is 5.60 Å². The second-order valence-electron chi connectivity index (χ2n) is 7.46. The fraction of sp³-hybridized carbons (Fsp3) is 0.650. The first-order valence-corrected chi connectivity index (χ1v) is 9.41. The molecular formula is C20H30N2O2. The lowest BCUT2D eigenvalue weighted by atomic mass is 9.85. The Hall–Kier alpha value is -1.39. The minimum atomic E-state index is -0.622. The van der Waals surface area contributed by atoms with E-state index in [1.165, 1.54) is 18.4 Å². The van der Waals surface area contributed by atoms with Crippen molar-refractivity contribution in [2.45, 2.75) is 50.5 Å². The molecule has 1 amide bonds. The van der Waals surface area contributed by atoms with Crippen molar-refractivity contribution in [3.63, 3.8) is 0 Å². The van der Waals surface area contributed by atoms with E-state index in [1.807, 2.05) is 23.1 Å². The highest BCUT2D eigenvalue weighted by atomic mass is 16.3. The van der Waals surface area contributed by atoms with E-state index in [-0.39, 0.29) is 5.91 Å². The third-order valence-electron chi connectivity index (χ3n) is 5.48. The molecule has 1 N–H and O–H groups in total. The zero-order chi connectivity index (χ0) is 16.8. The predicted molar refractivity (Wildman–Crippen MR) is 95.8 cm³/mol. The van der Waals surface area contributed by atoms with Crippen molar-refractivity contribution in [2.24, 2.45) is 0 Å². The lowest BCUT2D eigenvalue weighted by Crippen LogP contribution is -2.49. The van der Waals surface area contributed by atoms with Crippen molar-refractivity contribution in [3.05, 3.63) is 35.9 Å². The fourth-order valence-electron chi connectivity index (χ4n) is 3.89. The van der Waals surface area contributed by atoms with E-state index in [9.17, 15) is 9.90 Å². The normalized spacial score (nSPS) is 22.1. The Bertz CT molecular complexity index is 516. The fourth-order valence-corrected chi connectivity index (χ4v) is 3.89. The van der Waals surface area contributed by atoms with Crippen molar-refractivity contribution >= 4 is 5.91 Å². The number of aliphatic hydroxyl groups is 1. The maximum absolute atomic E-state index is 12.5. The summed E-state index contributed by atoms with van der Waals surface area (Å²) < 4.78 is 0. The van der Waals surface area contributed by atoms with Crippen LogP contribution in [-0.2, 0) is 11.2 Å². The average molecular weight is 330 g/mol. The molecule has 4 nitrogen and oxygen atoms in total. The van der Waals surface area contributed by atoms with Crippen molar-refractivity contribution in [2.75, 3.05) is 32.7 Å². The van der Waals surface area contributed by atoms with Gasteiger partial charge in [0.05, 0.1) is 12.1 Å². The van der Waals surface area contributed by atoms with Gasteiger partial charge < -0.3 is 10.0 Å².